The van der Waals surface area contributed by atoms with Crippen LogP contribution in [0.2, 0.25) is 0 Å². The van der Waals surface area contributed by atoms with E-state index in [4.69, 9.17) is 4.42 Å². The Hall–Kier alpha value is -2.96. The number of non-ortho nitro benzene ring substituents is 2. The molecule has 0 radical (unpaired) electrons. The zero-order chi connectivity index (χ0) is 13.6. The molecule has 1 heterocycles. The average Bonchev–Trinajstić information content (AvgIpc) is 2.75. The molecule has 0 bridgehead atoms. The fourth-order valence-corrected chi connectivity index (χ4v) is 2.03. The molecule has 19 heavy (non-hydrogen) atoms. The zero-order valence-corrected chi connectivity index (χ0v) is 9.40. The van der Waals surface area contributed by atoms with E-state index in [9.17, 15) is 20.2 Å². The molecule has 3 rings (SSSR count). The van der Waals surface area contributed by atoms with Gasteiger partial charge in [0.05, 0.1) is 9.85 Å². The molecule has 0 unspecified atom stereocenters. The Balaban J connectivity index is 2.43. The monoisotopic (exact) mass is 258 g/mol. The Morgan fingerprint density at radius 2 is 1.74 bits per heavy atom. The molecule has 0 N–H and O–H groups in total. The highest BCUT2D eigenvalue weighted by molar-refractivity contribution is 6.08. The van der Waals surface area contributed by atoms with Gasteiger partial charge in [-0.1, -0.05) is 6.07 Å². The molecule has 0 spiro atoms. The summed E-state index contributed by atoms with van der Waals surface area (Å²) in [5.41, 5.74) is 0.274. The maximum Gasteiger partial charge on any atom is 0.312 e. The molecule has 0 aliphatic carbocycles. The molecule has 7 heteroatoms. The van der Waals surface area contributed by atoms with E-state index in [1.807, 2.05) is 0 Å². The first kappa shape index (κ1) is 11.1. The number of furan rings is 1. The van der Waals surface area contributed by atoms with Crippen LogP contribution in [-0.4, -0.2) is 9.85 Å². The summed E-state index contributed by atoms with van der Waals surface area (Å²) in [6, 6.07) is 8.59. The summed E-state index contributed by atoms with van der Waals surface area (Å²) in [6.07, 6.45) is 0. The van der Waals surface area contributed by atoms with E-state index in [1.165, 1.54) is 30.3 Å². The van der Waals surface area contributed by atoms with E-state index in [0.29, 0.717) is 16.4 Å². The van der Waals surface area contributed by atoms with Crippen LogP contribution < -0.4 is 0 Å². The molecule has 0 aliphatic rings. The first-order valence-corrected chi connectivity index (χ1v) is 5.32. The highest BCUT2D eigenvalue weighted by atomic mass is 16.6. The minimum absolute atomic E-state index is 0.0818. The van der Waals surface area contributed by atoms with Crippen LogP contribution in [0, 0.1) is 20.2 Å². The summed E-state index contributed by atoms with van der Waals surface area (Å²) in [6.45, 7) is 0. The largest absolute Gasteiger partial charge is 0.449 e. The molecule has 1 aromatic heterocycles. The van der Waals surface area contributed by atoms with Crippen LogP contribution in [0.4, 0.5) is 11.4 Å². The fourth-order valence-electron chi connectivity index (χ4n) is 2.03. The van der Waals surface area contributed by atoms with Crippen LogP contribution in [0.5, 0.6) is 0 Å². The second-order valence-corrected chi connectivity index (χ2v) is 3.95. The molecule has 2 aromatic carbocycles. The van der Waals surface area contributed by atoms with E-state index >= 15 is 0 Å². The van der Waals surface area contributed by atoms with Gasteiger partial charge in [0.15, 0.2) is 0 Å². The molecule has 3 aromatic rings. The van der Waals surface area contributed by atoms with E-state index in [-0.39, 0.29) is 17.0 Å². The van der Waals surface area contributed by atoms with E-state index in [2.05, 4.69) is 0 Å². The lowest BCUT2D eigenvalue weighted by Gasteiger charge is -1.91. The number of fused-ring (bicyclic) bond motifs is 3. The average molecular weight is 258 g/mol. The van der Waals surface area contributed by atoms with Gasteiger partial charge in [-0.15, -0.1) is 0 Å². The smallest absolute Gasteiger partial charge is 0.312 e. The third kappa shape index (κ3) is 1.60. The van der Waals surface area contributed by atoms with Crippen molar-refractivity contribution in [3.63, 3.8) is 0 Å². The van der Waals surface area contributed by atoms with E-state index < -0.39 is 9.85 Å². The van der Waals surface area contributed by atoms with Crippen molar-refractivity contribution in [3.8, 4) is 0 Å². The van der Waals surface area contributed by atoms with Gasteiger partial charge in [-0.05, 0) is 12.1 Å². The van der Waals surface area contributed by atoms with Crippen molar-refractivity contribution in [1.82, 2.24) is 0 Å². The number of nitrogens with zero attached hydrogens (tertiary/aromatic N) is 2. The van der Waals surface area contributed by atoms with Gasteiger partial charge in [0, 0.05) is 29.0 Å². The molecule has 0 saturated carbocycles. The Kier molecular flexibility index (Phi) is 2.21. The van der Waals surface area contributed by atoms with Gasteiger partial charge in [-0.3, -0.25) is 20.2 Å². The third-order valence-corrected chi connectivity index (χ3v) is 2.87. The summed E-state index contributed by atoms with van der Waals surface area (Å²) >= 11 is 0. The summed E-state index contributed by atoms with van der Waals surface area (Å²) in [4.78, 5) is 20.6. The van der Waals surface area contributed by atoms with Crippen LogP contribution in [0.1, 0.15) is 0 Å². The van der Waals surface area contributed by atoms with Gasteiger partial charge in [-0.2, -0.15) is 0 Å². The Morgan fingerprint density at radius 1 is 0.947 bits per heavy atom. The van der Waals surface area contributed by atoms with Crippen LogP contribution in [0.25, 0.3) is 21.9 Å². The predicted molar refractivity (Wildman–Crippen MR) is 67.0 cm³/mol. The summed E-state index contributed by atoms with van der Waals surface area (Å²) < 4.78 is 5.42. The minimum atomic E-state index is -0.543. The second kappa shape index (κ2) is 3.77. The van der Waals surface area contributed by atoms with Gasteiger partial charge >= 0.3 is 5.69 Å². The summed E-state index contributed by atoms with van der Waals surface area (Å²) in [5.74, 6) is 0. The molecular weight excluding hydrogens is 252 g/mol. The predicted octanol–water partition coefficient (Wildman–Crippen LogP) is 3.40. The van der Waals surface area contributed by atoms with Gasteiger partial charge in [0.1, 0.15) is 5.58 Å². The van der Waals surface area contributed by atoms with Crippen molar-refractivity contribution in [2.24, 2.45) is 0 Å². The number of hydrogen-bond acceptors (Lipinski definition) is 5. The Labute approximate surface area is 105 Å². The molecule has 0 amide bonds. The molecule has 0 saturated heterocycles. The molecule has 94 valence electrons. The molecule has 0 fully saturated rings. The van der Waals surface area contributed by atoms with Crippen molar-refractivity contribution in [2.45, 2.75) is 0 Å². The quantitative estimate of drug-likeness (QED) is 0.518. The lowest BCUT2D eigenvalue weighted by atomic mass is 10.1. The lowest BCUT2D eigenvalue weighted by molar-refractivity contribution is -0.384. The minimum Gasteiger partial charge on any atom is -0.449 e. The van der Waals surface area contributed by atoms with Crippen molar-refractivity contribution in [3.05, 3.63) is 56.6 Å². The molecule has 0 atom stereocenters. The van der Waals surface area contributed by atoms with Gasteiger partial charge in [0.2, 0.25) is 5.58 Å². The Bertz CT molecular complexity index is 837. The highest BCUT2D eigenvalue weighted by Gasteiger charge is 2.19. The molecular formula is C12H6N2O5. The van der Waals surface area contributed by atoms with Crippen molar-refractivity contribution in [2.75, 3.05) is 0 Å². The zero-order valence-electron chi connectivity index (χ0n) is 9.40. The first-order valence-electron chi connectivity index (χ1n) is 5.32. The first-order chi connectivity index (χ1) is 9.08. The summed E-state index contributed by atoms with van der Waals surface area (Å²) in [7, 11) is 0. The number of rotatable bonds is 2. The number of nitro benzene ring substituents is 2. The van der Waals surface area contributed by atoms with E-state index in [0.717, 1.165) is 0 Å². The third-order valence-electron chi connectivity index (χ3n) is 2.87. The summed E-state index contributed by atoms with van der Waals surface area (Å²) in [5, 5.41) is 22.6. The lowest BCUT2D eigenvalue weighted by Crippen LogP contribution is -1.87. The maximum atomic E-state index is 10.9. The highest BCUT2D eigenvalue weighted by Crippen LogP contribution is 2.35. The van der Waals surface area contributed by atoms with Gasteiger partial charge < -0.3 is 4.42 Å². The standard InChI is InChI=1S/C12H6N2O5/c15-13(16)7-4-5-11-9(6-7)8-2-1-3-10(14(17)18)12(8)19-11/h1-6H. The number of hydrogen-bond donors (Lipinski definition) is 0. The topological polar surface area (TPSA) is 99.4 Å². The number of nitro groups is 2. The fraction of sp³-hybridized carbons (Fsp3) is 0. The molecule has 7 nitrogen and oxygen atoms in total. The SMILES string of the molecule is O=[N+]([O-])c1ccc2oc3c([N+](=O)[O-])cccc3c2c1. The van der Waals surface area contributed by atoms with Crippen molar-refractivity contribution < 1.29 is 14.3 Å². The Morgan fingerprint density at radius 3 is 2.42 bits per heavy atom. The molecule has 0 aliphatic heterocycles. The van der Waals surface area contributed by atoms with Crippen LogP contribution in [-0.2, 0) is 0 Å². The van der Waals surface area contributed by atoms with Gasteiger partial charge in [0.25, 0.3) is 5.69 Å². The van der Waals surface area contributed by atoms with Crippen LogP contribution in [0.3, 0.4) is 0 Å². The van der Waals surface area contributed by atoms with Crippen molar-refractivity contribution >= 4 is 33.3 Å². The number of benzene rings is 2. The van der Waals surface area contributed by atoms with Crippen molar-refractivity contribution in [1.29, 1.82) is 0 Å². The second-order valence-electron chi connectivity index (χ2n) is 3.95. The van der Waals surface area contributed by atoms with Crippen LogP contribution >= 0.6 is 0 Å². The van der Waals surface area contributed by atoms with Crippen LogP contribution in [0.15, 0.2) is 40.8 Å². The maximum absolute atomic E-state index is 10.9. The van der Waals surface area contributed by atoms with E-state index in [1.54, 1.807) is 6.07 Å². The normalized spacial score (nSPS) is 10.9. The van der Waals surface area contributed by atoms with Gasteiger partial charge in [-0.25, -0.2) is 0 Å². The number of para-hydroxylation sites is 1.